The van der Waals surface area contributed by atoms with Gasteiger partial charge < -0.3 is 9.42 Å². The lowest BCUT2D eigenvalue weighted by Gasteiger charge is -2.31. The third-order valence-electron chi connectivity index (χ3n) is 3.68. The van der Waals surface area contributed by atoms with Crippen molar-refractivity contribution < 1.29 is 9.32 Å². The molecule has 3 rings (SSSR count). The first-order valence-corrected chi connectivity index (χ1v) is 7.77. The van der Waals surface area contributed by atoms with Crippen molar-refractivity contribution in [1.29, 1.82) is 0 Å². The number of nitrogens with zero attached hydrogens (tertiary/aromatic N) is 3. The minimum absolute atomic E-state index is 0.152. The third kappa shape index (κ3) is 2.90. The molecule has 0 aliphatic carbocycles. The van der Waals surface area contributed by atoms with E-state index in [4.69, 9.17) is 4.52 Å². The number of rotatable bonds is 3. The van der Waals surface area contributed by atoms with Crippen LogP contribution in [0.15, 0.2) is 21.3 Å². The first-order chi connectivity index (χ1) is 9.72. The SMILES string of the molecule is CC(=O)N1CCC[C@H](Cc2nc(-c3ccsc3)no2)C1. The molecule has 1 fully saturated rings. The molecule has 20 heavy (non-hydrogen) atoms. The molecular weight excluding hydrogens is 274 g/mol. The van der Waals surface area contributed by atoms with Crippen LogP contribution in [0.25, 0.3) is 11.4 Å². The Balaban J connectivity index is 1.64. The first-order valence-electron chi connectivity index (χ1n) is 6.83. The maximum atomic E-state index is 11.4. The Hall–Kier alpha value is -1.69. The Kier molecular flexibility index (Phi) is 3.82. The summed E-state index contributed by atoms with van der Waals surface area (Å²) in [5, 5.41) is 8.02. The highest BCUT2D eigenvalue weighted by molar-refractivity contribution is 7.08. The average Bonchev–Trinajstić information content (AvgIpc) is 3.09. The fraction of sp³-hybridized carbons (Fsp3) is 0.500. The van der Waals surface area contributed by atoms with E-state index in [2.05, 4.69) is 10.1 Å². The van der Waals surface area contributed by atoms with E-state index in [0.717, 1.165) is 37.9 Å². The number of thiophene rings is 1. The van der Waals surface area contributed by atoms with E-state index in [1.165, 1.54) is 0 Å². The molecule has 1 saturated heterocycles. The summed E-state index contributed by atoms with van der Waals surface area (Å²) in [6.45, 7) is 3.30. The molecule has 0 saturated carbocycles. The van der Waals surface area contributed by atoms with Crippen LogP contribution in [-0.4, -0.2) is 34.0 Å². The molecule has 1 atom stereocenters. The number of likely N-dealkylation sites (tertiary alicyclic amines) is 1. The van der Waals surface area contributed by atoms with Gasteiger partial charge in [0.2, 0.25) is 17.6 Å². The van der Waals surface area contributed by atoms with Crippen molar-refractivity contribution in [2.45, 2.75) is 26.2 Å². The smallest absolute Gasteiger partial charge is 0.227 e. The van der Waals surface area contributed by atoms with E-state index in [9.17, 15) is 4.79 Å². The highest BCUT2D eigenvalue weighted by Gasteiger charge is 2.23. The maximum Gasteiger partial charge on any atom is 0.227 e. The average molecular weight is 291 g/mol. The van der Waals surface area contributed by atoms with Crippen molar-refractivity contribution in [3.63, 3.8) is 0 Å². The Morgan fingerprint density at radius 1 is 1.60 bits per heavy atom. The van der Waals surface area contributed by atoms with E-state index < -0.39 is 0 Å². The number of hydrogen-bond acceptors (Lipinski definition) is 5. The van der Waals surface area contributed by atoms with Crippen molar-refractivity contribution in [3.8, 4) is 11.4 Å². The van der Waals surface area contributed by atoms with Crippen LogP contribution in [0.2, 0.25) is 0 Å². The number of carbonyl (C=O) groups excluding carboxylic acids is 1. The highest BCUT2D eigenvalue weighted by atomic mass is 32.1. The summed E-state index contributed by atoms with van der Waals surface area (Å²) in [6.07, 6.45) is 2.91. The van der Waals surface area contributed by atoms with Crippen LogP contribution >= 0.6 is 11.3 Å². The second kappa shape index (κ2) is 5.75. The van der Waals surface area contributed by atoms with Gasteiger partial charge >= 0.3 is 0 Å². The molecule has 0 aromatic carbocycles. The molecule has 1 amide bonds. The van der Waals surface area contributed by atoms with E-state index in [1.54, 1.807) is 18.3 Å². The van der Waals surface area contributed by atoms with Gasteiger partial charge in [0.15, 0.2) is 0 Å². The molecule has 6 heteroatoms. The fourth-order valence-corrected chi connectivity index (χ4v) is 3.25. The van der Waals surface area contributed by atoms with Crippen LogP contribution in [0, 0.1) is 5.92 Å². The van der Waals surface area contributed by atoms with Crippen molar-refractivity contribution in [1.82, 2.24) is 15.0 Å². The molecule has 1 aliphatic rings. The minimum Gasteiger partial charge on any atom is -0.343 e. The quantitative estimate of drug-likeness (QED) is 0.872. The lowest BCUT2D eigenvalue weighted by Crippen LogP contribution is -2.39. The van der Waals surface area contributed by atoms with Crippen LogP contribution in [-0.2, 0) is 11.2 Å². The van der Waals surface area contributed by atoms with Crippen molar-refractivity contribution in [3.05, 3.63) is 22.7 Å². The van der Waals surface area contributed by atoms with Crippen molar-refractivity contribution in [2.75, 3.05) is 13.1 Å². The van der Waals surface area contributed by atoms with Gasteiger partial charge in [0.05, 0.1) is 0 Å². The van der Waals surface area contributed by atoms with Crippen LogP contribution in [0.3, 0.4) is 0 Å². The van der Waals surface area contributed by atoms with E-state index in [0.29, 0.717) is 17.6 Å². The summed E-state index contributed by atoms with van der Waals surface area (Å²) >= 11 is 1.62. The van der Waals surface area contributed by atoms with Gasteiger partial charge in [-0.05, 0) is 30.2 Å². The lowest BCUT2D eigenvalue weighted by molar-refractivity contribution is -0.130. The standard InChI is InChI=1S/C14H17N3O2S/c1-10(18)17-5-2-3-11(8-17)7-13-15-14(16-19-13)12-4-6-20-9-12/h4,6,9,11H,2-3,5,7-8H2,1H3/t11-/m1/s1. The number of amides is 1. The lowest BCUT2D eigenvalue weighted by atomic mass is 9.95. The highest BCUT2D eigenvalue weighted by Crippen LogP contribution is 2.23. The zero-order chi connectivity index (χ0) is 13.9. The molecule has 0 radical (unpaired) electrons. The van der Waals surface area contributed by atoms with Gasteiger partial charge in [0.1, 0.15) is 0 Å². The van der Waals surface area contributed by atoms with Crippen molar-refractivity contribution in [2.24, 2.45) is 5.92 Å². The second-order valence-electron chi connectivity index (χ2n) is 5.20. The van der Waals surface area contributed by atoms with Gasteiger partial charge in [-0.15, -0.1) is 0 Å². The first kappa shape index (κ1) is 13.3. The normalized spacial score (nSPS) is 19.2. The predicted octanol–water partition coefficient (Wildman–Crippen LogP) is 2.60. The van der Waals surface area contributed by atoms with Crippen LogP contribution in [0.1, 0.15) is 25.7 Å². The van der Waals surface area contributed by atoms with Crippen LogP contribution < -0.4 is 0 Å². The van der Waals surface area contributed by atoms with Gasteiger partial charge in [0, 0.05) is 37.4 Å². The number of hydrogen-bond donors (Lipinski definition) is 0. The van der Waals surface area contributed by atoms with Gasteiger partial charge in [-0.3, -0.25) is 4.79 Å². The molecule has 0 spiro atoms. The van der Waals surface area contributed by atoms with Crippen LogP contribution in [0.4, 0.5) is 0 Å². The van der Waals surface area contributed by atoms with E-state index >= 15 is 0 Å². The number of aromatic nitrogens is 2. The van der Waals surface area contributed by atoms with Gasteiger partial charge in [0.25, 0.3) is 0 Å². The second-order valence-corrected chi connectivity index (χ2v) is 5.98. The molecule has 106 valence electrons. The summed E-state index contributed by atoms with van der Waals surface area (Å²) in [5.41, 5.74) is 0.999. The summed E-state index contributed by atoms with van der Waals surface area (Å²) in [5.74, 6) is 1.89. The number of carbonyl (C=O) groups is 1. The topological polar surface area (TPSA) is 59.2 Å². The number of piperidine rings is 1. The summed E-state index contributed by atoms with van der Waals surface area (Å²) in [7, 11) is 0. The fourth-order valence-electron chi connectivity index (χ4n) is 2.61. The van der Waals surface area contributed by atoms with Gasteiger partial charge in [-0.2, -0.15) is 16.3 Å². The molecule has 2 aromatic heterocycles. The van der Waals surface area contributed by atoms with Crippen molar-refractivity contribution >= 4 is 17.2 Å². The zero-order valence-corrected chi connectivity index (χ0v) is 12.2. The zero-order valence-electron chi connectivity index (χ0n) is 11.4. The molecule has 0 unspecified atom stereocenters. The largest absolute Gasteiger partial charge is 0.343 e. The Morgan fingerprint density at radius 2 is 2.50 bits per heavy atom. The molecule has 0 bridgehead atoms. The maximum absolute atomic E-state index is 11.4. The Bertz CT molecular complexity index is 579. The third-order valence-corrected chi connectivity index (χ3v) is 4.36. The summed E-state index contributed by atoms with van der Waals surface area (Å²) in [4.78, 5) is 17.8. The molecule has 2 aromatic rings. The van der Waals surface area contributed by atoms with E-state index in [-0.39, 0.29) is 5.91 Å². The van der Waals surface area contributed by atoms with Gasteiger partial charge in [-0.25, -0.2) is 0 Å². The summed E-state index contributed by atoms with van der Waals surface area (Å²) < 4.78 is 5.33. The molecule has 5 nitrogen and oxygen atoms in total. The predicted molar refractivity (Wildman–Crippen MR) is 76.3 cm³/mol. The Morgan fingerprint density at radius 3 is 3.25 bits per heavy atom. The van der Waals surface area contributed by atoms with E-state index in [1.807, 2.05) is 21.7 Å². The molecule has 0 N–H and O–H groups in total. The molecule has 1 aliphatic heterocycles. The Labute approximate surface area is 121 Å². The van der Waals surface area contributed by atoms with Crippen LogP contribution in [0.5, 0.6) is 0 Å². The monoisotopic (exact) mass is 291 g/mol. The van der Waals surface area contributed by atoms with Gasteiger partial charge in [-0.1, -0.05) is 5.16 Å². The minimum atomic E-state index is 0.152. The summed E-state index contributed by atoms with van der Waals surface area (Å²) in [6, 6.07) is 1.98. The molecular formula is C14H17N3O2S. The molecule has 3 heterocycles.